The van der Waals surface area contributed by atoms with E-state index in [1.165, 1.54) is 28.2 Å². The smallest absolute Gasteiger partial charge is 0.269 e. The second-order valence-electron chi connectivity index (χ2n) is 6.79. The monoisotopic (exact) mass is 424 g/mol. The van der Waals surface area contributed by atoms with Gasteiger partial charge in [-0.2, -0.15) is 5.23 Å². The van der Waals surface area contributed by atoms with Crippen molar-refractivity contribution in [1.82, 2.24) is 13.9 Å². The zero-order chi connectivity index (χ0) is 21.1. The van der Waals surface area contributed by atoms with Crippen LogP contribution in [0.2, 0.25) is 0 Å². The Bertz CT molecular complexity index is 1250. The molecule has 0 aliphatic rings. The van der Waals surface area contributed by atoms with Crippen LogP contribution in [0.5, 0.6) is 0 Å². The first-order valence-corrected chi connectivity index (χ1v) is 10.9. The Hall–Kier alpha value is -3.11. The Balaban J connectivity index is 1.70. The molecule has 0 aliphatic carbocycles. The summed E-state index contributed by atoms with van der Waals surface area (Å²) in [4.78, 5) is 8.87. The van der Waals surface area contributed by atoms with E-state index in [2.05, 4.69) is 9.97 Å². The molecule has 154 valence electrons. The van der Waals surface area contributed by atoms with E-state index in [9.17, 15) is 13.6 Å². The molecule has 9 heteroatoms. The summed E-state index contributed by atoms with van der Waals surface area (Å²) in [6, 6.07) is 18.0. The molecule has 0 bridgehead atoms. The van der Waals surface area contributed by atoms with Crippen molar-refractivity contribution in [3.8, 4) is 0 Å². The highest BCUT2D eigenvalue weighted by Crippen LogP contribution is 2.24. The molecule has 1 unspecified atom stereocenters. The maximum atomic E-state index is 13.4. The number of hydrogen-bond donors (Lipinski definition) is 2. The van der Waals surface area contributed by atoms with Gasteiger partial charge in [-0.25, -0.2) is 22.6 Å². The third-order valence-electron chi connectivity index (χ3n) is 4.78. The van der Waals surface area contributed by atoms with E-state index < -0.39 is 15.2 Å². The standard InChI is InChI=1S/C21H20N4O4S/c26-25(27)17-11-13-18(14-12-17)30(28,29)24-20-9-2-1-8-19(20)23-21(24)10-5-7-16-6-3-4-15-22-16/h1-4,6,8-9,11-15,25-26H,5,7,10H2. The van der Waals surface area contributed by atoms with E-state index >= 15 is 0 Å². The average Bonchev–Trinajstić information content (AvgIpc) is 3.13. The van der Waals surface area contributed by atoms with Gasteiger partial charge in [-0.15, -0.1) is 0 Å². The van der Waals surface area contributed by atoms with Crippen molar-refractivity contribution in [2.24, 2.45) is 0 Å². The minimum atomic E-state index is -3.94. The Morgan fingerprint density at radius 3 is 2.40 bits per heavy atom. The van der Waals surface area contributed by atoms with Gasteiger partial charge < -0.3 is 5.21 Å². The summed E-state index contributed by atoms with van der Waals surface area (Å²) in [6.45, 7) is 0. The van der Waals surface area contributed by atoms with E-state index in [1.807, 2.05) is 24.3 Å². The van der Waals surface area contributed by atoms with Gasteiger partial charge in [0.05, 0.1) is 15.9 Å². The summed E-state index contributed by atoms with van der Waals surface area (Å²) in [7, 11) is -3.94. The number of benzene rings is 2. The zero-order valence-corrected chi connectivity index (χ0v) is 16.8. The number of pyridine rings is 1. The van der Waals surface area contributed by atoms with Crippen LogP contribution in [0.15, 0.2) is 77.8 Å². The number of imidazole rings is 1. The van der Waals surface area contributed by atoms with Gasteiger partial charge in [-0.05, 0) is 49.2 Å². The molecule has 2 N–H and O–H groups in total. The molecule has 0 amide bonds. The molecule has 8 nitrogen and oxygen atoms in total. The van der Waals surface area contributed by atoms with Gasteiger partial charge in [-0.3, -0.25) is 4.98 Å². The fourth-order valence-corrected chi connectivity index (χ4v) is 4.84. The largest absolute Gasteiger partial charge is 0.595 e. The van der Waals surface area contributed by atoms with Crippen LogP contribution < -0.4 is 5.23 Å². The van der Waals surface area contributed by atoms with E-state index in [-0.39, 0.29) is 10.6 Å². The molecule has 2 heterocycles. The summed E-state index contributed by atoms with van der Waals surface area (Å²) >= 11 is 0. The van der Waals surface area contributed by atoms with Crippen LogP contribution in [-0.4, -0.2) is 27.6 Å². The summed E-state index contributed by atoms with van der Waals surface area (Å²) in [5, 5.41) is 19.0. The number of nitrogens with zero attached hydrogens (tertiary/aromatic N) is 3. The van der Waals surface area contributed by atoms with Gasteiger partial charge in [0.15, 0.2) is 5.69 Å². The number of fused-ring (bicyclic) bond motifs is 1. The van der Waals surface area contributed by atoms with Gasteiger partial charge in [0.2, 0.25) is 0 Å². The minimum Gasteiger partial charge on any atom is -0.595 e. The SMILES string of the molecule is O=S(=O)(c1ccc([NH+]([O-])O)cc1)n1c(CCCc2ccccn2)nc2ccccc21. The molecule has 30 heavy (non-hydrogen) atoms. The Morgan fingerprint density at radius 2 is 1.70 bits per heavy atom. The molecule has 4 rings (SSSR count). The van der Waals surface area contributed by atoms with Crippen LogP contribution in [-0.2, 0) is 22.9 Å². The highest BCUT2D eigenvalue weighted by molar-refractivity contribution is 7.90. The van der Waals surface area contributed by atoms with Crippen molar-refractivity contribution in [1.29, 1.82) is 0 Å². The number of rotatable bonds is 7. The third kappa shape index (κ3) is 3.96. The van der Waals surface area contributed by atoms with Crippen LogP contribution in [0.4, 0.5) is 5.69 Å². The molecular formula is C21H20N4O4S. The summed E-state index contributed by atoms with van der Waals surface area (Å²) < 4.78 is 28.1. The normalized spacial score (nSPS) is 12.9. The Kier molecular flexibility index (Phi) is 5.60. The van der Waals surface area contributed by atoms with Crippen molar-refractivity contribution >= 4 is 26.7 Å². The molecule has 0 saturated heterocycles. The number of para-hydroxylation sites is 2. The van der Waals surface area contributed by atoms with Crippen LogP contribution >= 0.6 is 0 Å². The lowest BCUT2D eigenvalue weighted by Gasteiger charge is -2.13. The molecule has 4 aromatic rings. The molecule has 1 atom stereocenters. The molecule has 0 radical (unpaired) electrons. The van der Waals surface area contributed by atoms with Gasteiger partial charge in [0.25, 0.3) is 10.0 Å². The number of hydrogen-bond acceptors (Lipinski definition) is 6. The minimum absolute atomic E-state index is 0.0154. The summed E-state index contributed by atoms with van der Waals surface area (Å²) in [5.74, 6) is 0.439. The van der Waals surface area contributed by atoms with Gasteiger partial charge in [0.1, 0.15) is 5.82 Å². The summed E-state index contributed by atoms with van der Waals surface area (Å²) in [5.41, 5.74) is 2.05. The van der Waals surface area contributed by atoms with E-state index in [4.69, 9.17) is 5.21 Å². The fraction of sp³-hybridized carbons (Fsp3) is 0.143. The van der Waals surface area contributed by atoms with Gasteiger partial charge >= 0.3 is 0 Å². The summed E-state index contributed by atoms with van der Waals surface area (Å²) in [6.07, 6.45) is 3.58. The highest BCUT2D eigenvalue weighted by atomic mass is 32.2. The molecule has 0 fully saturated rings. The maximum absolute atomic E-state index is 13.4. The first kappa shape index (κ1) is 20.2. The second kappa shape index (κ2) is 8.33. The van der Waals surface area contributed by atoms with Crippen LogP contribution in [0.25, 0.3) is 11.0 Å². The number of quaternary nitrogens is 1. The van der Waals surface area contributed by atoms with Gasteiger partial charge in [-0.1, -0.05) is 18.2 Å². The predicted molar refractivity (Wildman–Crippen MR) is 111 cm³/mol. The van der Waals surface area contributed by atoms with E-state index in [0.717, 1.165) is 5.69 Å². The topological polar surface area (TPSA) is 113 Å². The second-order valence-corrected chi connectivity index (χ2v) is 8.58. The van der Waals surface area contributed by atoms with Crippen LogP contribution in [0.1, 0.15) is 17.9 Å². The lowest BCUT2D eigenvalue weighted by atomic mass is 10.2. The van der Waals surface area contributed by atoms with E-state index in [0.29, 0.717) is 36.1 Å². The first-order valence-electron chi connectivity index (χ1n) is 9.42. The molecule has 2 aromatic heterocycles. The predicted octanol–water partition coefficient (Wildman–Crippen LogP) is 2.25. The maximum Gasteiger partial charge on any atom is 0.269 e. The lowest BCUT2D eigenvalue weighted by Crippen LogP contribution is -2.99. The quantitative estimate of drug-likeness (QED) is 0.440. The zero-order valence-electron chi connectivity index (χ0n) is 16.0. The van der Waals surface area contributed by atoms with Crippen molar-refractivity contribution < 1.29 is 18.9 Å². The first-order chi connectivity index (χ1) is 14.5. The van der Waals surface area contributed by atoms with Crippen molar-refractivity contribution in [3.63, 3.8) is 0 Å². The van der Waals surface area contributed by atoms with Crippen molar-refractivity contribution in [3.05, 3.63) is 89.7 Å². The molecular weight excluding hydrogens is 404 g/mol. The number of nitrogens with one attached hydrogen (secondary N) is 1. The lowest BCUT2D eigenvalue weighted by molar-refractivity contribution is -0.991. The Morgan fingerprint density at radius 1 is 0.967 bits per heavy atom. The Labute approximate surface area is 173 Å². The van der Waals surface area contributed by atoms with Crippen LogP contribution in [0, 0.1) is 5.21 Å². The molecule has 0 aliphatic heterocycles. The van der Waals surface area contributed by atoms with Crippen molar-refractivity contribution in [2.75, 3.05) is 0 Å². The van der Waals surface area contributed by atoms with Gasteiger partial charge in [0, 0.05) is 30.4 Å². The molecule has 2 aromatic carbocycles. The highest BCUT2D eigenvalue weighted by Gasteiger charge is 2.24. The fourth-order valence-electron chi connectivity index (χ4n) is 3.33. The van der Waals surface area contributed by atoms with Crippen LogP contribution in [0.3, 0.4) is 0 Å². The van der Waals surface area contributed by atoms with Crippen molar-refractivity contribution in [2.45, 2.75) is 24.2 Å². The number of aryl methyl sites for hydroxylation is 2. The molecule has 0 saturated carbocycles. The third-order valence-corrected chi connectivity index (χ3v) is 6.54. The van der Waals surface area contributed by atoms with E-state index in [1.54, 1.807) is 24.4 Å². The molecule has 0 spiro atoms. The number of aromatic nitrogens is 3. The average molecular weight is 424 g/mol.